The molecule has 0 saturated heterocycles. The minimum absolute atomic E-state index is 0.318. The molecule has 2 nitrogen and oxygen atoms in total. The minimum Gasteiger partial charge on any atom is -0.322 e. The Morgan fingerprint density at radius 2 is 1.10 bits per heavy atom. The quantitative estimate of drug-likeness (QED) is 0.904. The molecule has 0 amide bonds. The monoisotopic (exact) mass is 276 g/mol. The van der Waals surface area contributed by atoms with E-state index in [0.717, 1.165) is 0 Å². The third-order valence-corrected chi connectivity index (χ3v) is 3.72. The first-order valence-electron chi connectivity index (χ1n) is 6.44. The molecule has 0 aliphatic heterocycles. The zero-order valence-corrected chi connectivity index (χ0v) is 11.5. The summed E-state index contributed by atoms with van der Waals surface area (Å²) in [7, 11) is 0. The van der Waals surface area contributed by atoms with Gasteiger partial charge in [-0.3, -0.25) is 0 Å². The molecule has 0 aliphatic rings. The molecule has 0 aromatic heterocycles. The molecule has 0 saturated carbocycles. The van der Waals surface area contributed by atoms with Crippen LogP contribution in [0, 0.1) is 25.5 Å². The van der Waals surface area contributed by atoms with Gasteiger partial charge in [0, 0.05) is 12.1 Å². The van der Waals surface area contributed by atoms with Gasteiger partial charge in [-0.25, -0.2) is 8.78 Å². The lowest BCUT2D eigenvalue weighted by atomic mass is 9.90. The molecule has 2 atom stereocenters. The van der Waals surface area contributed by atoms with Gasteiger partial charge in [-0.2, -0.15) is 0 Å². The van der Waals surface area contributed by atoms with Crippen molar-refractivity contribution in [2.45, 2.75) is 25.9 Å². The van der Waals surface area contributed by atoms with E-state index in [-0.39, 0.29) is 11.6 Å². The lowest BCUT2D eigenvalue weighted by Gasteiger charge is -2.24. The predicted octanol–water partition coefficient (Wildman–Crippen LogP) is 3.28. The highest BCUT2D eigenvalue weighted by atomic mass is 19.1. The molecule has 0 radical (unpaired) electrons. The maximum atomic E-state index is 13.6. The van der Waals surface area contributed by atoms with Crippen LogP contribution in [-0.2, 0) is 0 Å². The van der Waals surface area contributed by atoms with Crippen LogP contribution in [0.5, 0.6) is 0 Å². The number of rotatable bonds is 3. The average Bonchev–Trinajstić information content (AvgIpc) is 2.43. The molecular weight excluding hydrogens is 258 g/mol. The van der Waals surface area contributed by atoms with Gasteiger partial charge in [-0.1, -0.05) is 24.3 Å². The number of nitrogens with two attached hydrogens (primary N) is 2. The van der Waals surface area contributed by atoms with Crippen LogP contribution >= 0.6 is 0 Å². The van der Waals surface area contributed by atoms with Crippen LogP contribution in [-0.4, -0.2) is 0 Å². The molecular formula is C16H18F2N2. The van der Waals surface area contributed by atoms with E-state index in [1.54, 1.807) is 38.1 Å². The van der Waals surface area contributed by atoms with Crippen molar-refractivity contribution < 1.29 is 8.78 Å². The van der Waals surface area contributed by atoms with Crippen molar-refractivity contribution in [3.63, 3.8) is 0 Å². The topological polar surface area (TPSA) is 52.0 Å². The van der Waals surface area contributed by atoms with Gasteiger partial charge in [0.05, 0.1) is 0 Å². The molecule has 2 unspecified atom stereocenters. The van der Waals surface area contributed by atoms with Crippen molar-refractivity contribution >= 4 is 0 Å². The van der Waals surface area contributed by atoms with Crippen LogP contribution < -0.4 is 11.5 Å². The second-order valence-electron chi connectivity index (χ2n) is 4.96. The average molecular weight is 276 g/mol. The molecule has 0 spiro atoms. The van der Waals surface area contributed by atoms with E-state index in [2.05, 4.69) is 0 Å². The van der Waals surface area contributed by atoms with Crippen LogP contribution in [0.4, 0.5) is 8.78 Å². The first-order chi connectivity index (χ1) is 9.43. The largest absolute Gasteiger partial charge is 0.322 e. The lowest BCUT2D eigenvalue weighted by molar-refractivity contribution is 0.547. The Morgan fingerprint density at radius 3 is 1.45 bits per heavy atom. The molecule has 0 fully saturated rings. The van der Waals surface area contributed by atoms with E-state index >= 15 is 0 Å². The molecule has 4 N–H and O–H groups in total. The number of halogens is 2. The summed E-state index contributed by atoms with van der Waals surface area (Å²) in [5.74, 6) is -0.637. The first kappa shape index (κ1) is 14.6. The van der Waals surface area contributed by atoms with E-state index in [9.17, 15) is 8.78 Å². The summed E-state index contributed by atoms with van der Waals surface area (Å²) in [6.07, 6.45) is 0. The van der Waals surface area contributed by atoms with Crippen LogP contribution in [0.15, 0.2) is 36.4 Å². The van der Waals surface area contributed by atoms with Crippen LogP contribution in [0.25, 0.3) is 0 Å². The summed E-state index contributed by atoms with van der Waals surface area (Å²) in [5, 5.41) is 0. The van der Waals surface area contributed by atoms with E-state index in [4.69, 9.17) is 11.5 Å². The second kappa shape index (κ2) is 5.69. The molecule has 0 aliphatic carbocycles. The summed E-state index contributed by atoms with van der Waals surface area (Å²) < 4.78 is 27.2. The Hall–Kier alpha value is -1.78. The lowest BCUT2D eigenvalue weighted by Crippen LogP contribution is -2.28. The van der Waals surface area contributed by atoms with Crippen molar-refractivity contribution in [3.8, 4) is 0 Å². The minimum atomic E-state index is -0.591. The summed E-state index contributed by atoms with van der Waals surface area (Å²) >= 11 is 0. The summed E-state index contributed by atoms with van der Waals surface area (Å²) in [6, 6.07) is 8.27. The van der Waals surface area contributed by atoms with Crippen molar-refractivity contribution in [3.05, 3.63) is 70.3 Å². The third kappa shape index (κ3) is 2.57. The number of hydrogen-bond donors (Lipinski definition) is 2. The molecule has 2 aromatic carbocycles. The van der Waals surface area contributed by atoms with Gasteiger partial charge in [0.15, 0.2) is 0 Å². The smallest absolute Gasteiger partial charge is 0.126 e. The van der Waals surface area contributed by atoms with Crippen molar-refractivity contribution in [1.82, 2.24) is 0 Å². The van der Waals surface area contributed by atoms with Gasteiger partial charge in [0.2, 0.25) is 0 Å². The van der Waals surface area contributed by atoms with Gasteiger partial charge < -0.3 is 11.5 Å². The molecule has 106 valence electrons. The van der Waals surface area contributed by atoms with Gasteiger partial charge >= 0.3 is 0 Å². The second-order valence-corrected chi connectivity index (χ2v) is 4.96. The molecule has 20 heavy (non-hydrogen) atoms. The van der Waals surface area contributed by atoms with E-state index in [1.807, 2.05) is 0 Å². The van der Waals surface area contributed by atoms with Crippen molar-refractivity contribution in [2.24, 2.45) is 11.5 Å². The van der Waals surface area contributed by atoms with E-state index < -0.39 is 12.1 Å². The fourth-order valence-corrected chi connectivity index (χ4v) is 2.36. The van der Waals surface area contributed by atoms with Crippen molar-refractivity contribution in [2.75, 3.05) is 0 Å². The fourth-order valence-electron chi connectivity index (χ4n) is 2.36. The van der Waals surface area contributed by atoms with Gasteiger partial charge in [-0.15, -0.1) is 0 Å². The van der Waals surface area contributed by atoms with E-state index in [0.29, 0.717) is 22.3 Å². The zero-order chi connectivity index (χ0) is 14.9. The third-order valence-electron chi connectivity index (χ3n) is 3.72. The highest BCUT2D eigenvalue weighted by Crippen LogP contribution is 2.30. The molecule has 2 rings (SSSR count). The van der Waals surface area contributed by atoms with Crippen LogP contribution in [0.1, 0.15) is 34.3 Å². The summed E-state index contributed by atoms with van der Waals surface area (Å²) in [6.45, 7) is 3.32. The highest BCUT2D eigenvalue weighted by Gasteiger charge is 2.22. The van der Waals surface area contributed by atoms with Crippen LogP contribution in [0.3, 0.4) is 0 Å². The van der Waals surface area contributed by atoms with Crippen molar-refractivity contribution in [1.29, 1.82) is 0 Å². The predicted molar refractivity (Wildman–Crippen MR) is 76.1 cm³/mol. The summed E-state index contributed by atoms with van der Waals surface area (Å²) in [4.78, 5) is 0. The first-order valence-corrected chi connectivity index (χ1v) is 6.44. The molecule has 0 heterocycles. The van der Waals surface area contributed by atoms with Crippen LogP contribution in [0.2, 0.25) is 0 Å². The SMILES string of the molecule is Cc1c(F)cccc1C(N)C(N)c1cccc(F)c1C. The highest BCUT2D eigenvalue weighted by molar-refractivity contribution is 5.36. The zero-order valence-electron chi connectivity index (χ0n) is 11.5. The Bertz CT molecular complexity index is 570. The molecule has 4 heteroatoms. The molecule has 0 bridgehead atoms. The molecule has 2 aromatic rings. The summed E-state index contributed by atoms with van der Waals surface area (Å²) in [5.41, 5.74) is 14.5. The number of hydrogen-bond acceptors (Lipinski definition) is 2. The van der Waals surface area contributed by atoms with Gasteiger partial charge in [-0.05, 0) is 48.2 Å². The standard InChI is InChI=1S/C16H18F2N2/c1-9-11(5-3-7-13(9)17)15(19)16(20)12-6-4-8-14(18)10(12)2/h3-8,15-16H,19-20H2,1-2H3. The maximum Gasteiger partial charge on any atom is 0.126 e. The van der Waals surface area contributed by atoms with Gasteiger partial charge in [0.1, 0.15) is 11.6 Å². The Kier molecular flexibility index (Phi) is 4.16. The Morgan fingerprint density at radius 1 is 0.750 bits per heavy atom. The Balaban J connectivity index is 2.40. The van der Waals surface area contributed by atoms with Gasteiger partial charge in [0.25, 0.3) is 0 Å². The maximum absolute atomic E-state index is 13.6. The van der Waals surface area contributed by atoms with E-state index in [1.165, 1.54) is 12.1 Å². The normalized spacial score (nSPS) is 14.1. The number of benzene rings is 2. The fraction of sp³-hybridized carbons (Fsp3) is 0.250. The Labute approximate surface area is 117 Å².